The van der Waals surface area contributed by atoms with Crippen LogP contribution in [0.4, 0.5) is 0 Å². The summed E-state index contributed by atoms with van der Waals surface area (Å²) in [5.74, 6) is 0.888. The number of amides is 1. The Hall–Kier alpha value is -1.95. The Kier molecular flexibility index (Phi) is 5.17. The van der Waals surface area contributed by atoms with Gasteiger partial charge < -0.3 is 10.2 Å². The van der Waals surface area contributed by atoms with Gasteiger partial charge in [0.25, 0.3) is 5.91 Å². The number of nitrogens with zero attached hydrogens (tertiary/aromatic N) is 4. The van der Waals surface area contributed by atoms with Crippen LogP contribution >= 0.6 is 0 Å². The molecule has 2 aromatic rings. The van der Waals surface area contributed by atoms with E-state index in [0.717, 1.165) is 35.5 Å². The lowest BCUT2D eigenvalue weighted by Crippen LogP contribution is -2.46. The van der Waals surface area contributed by atoms with Crippen molar-refractivity contribution in [3.8, 4) is 0 Å². The second kappa shape index (κ2) is 7.58. The van der Waals surface area contributed by atoms with E-state index in [4.69, 9.17) is 0 Å². The van der Waals surface area contributed by atoms with Gasteiger partial charge in [-0.05, 0) is 70.5 Å². The summed E-state index contributed by atoms with van der Waals surface area (Å²) in [5.41, 5.74) is 2.31. The highest BCUT2D eigenvalue weighted by molar-refractivity contribution is 6.05. The summed E-state index contributed by atoms with van der Waals surface area (Å²) in [6.45, 7) is 6.79. The summed E-state index contributed by atoms with van der Waals surface area (Å²) in [6, 6.07) is 2.86. The third kappa shape index (κ3) is 3.86. The number of carbonyl (C=O) groups is 1. The minimum atomic E-state index is 0.00810. The van der Waals surface area contributed by atoms with Crippen molar-refractivity contribution >= 4 is 16.9 Å². The molecule has 1 N–H and O–H groups in total. The summed E-state index contributed by atoms with van der Waals surface area (Å²) in [6.07, 6.45) is 8.93. The van der Waals surface area contributed by atoms with Gasteiger partial charge in [-0.15, -0.1) is 0 Å². The number of aromatic nitrogens is 3. The van der Waals surface area contributed by atoms with Gasteiger partial charge in [0, 0.05) is 24.8 Å². The Balaban J connectivity index is 1.37. The predicted octanol–water partition coefficient (Wildman–Crippen LogP) is 3.05. The third-order valence-electron chi connectivity index (χ3n) is 6.44. The molecule has 27 heavy (non-hydrogen) atoms. The first-order valence-electron chi connectivity index (χ1n) is 10.4. The summed E-state index contributed by atoms with van der Waals surface area (Å²) in [5, 5.41) is 8.36. The molecule has 6 heteroatoms. The van der Waals surface area contributed by atoms with Crippen LogP contribution in [0, 0.1) is 12.8 Å². The first-order chi connectivity index (χ1) is 13.0. The van der Waals surface area contributed by atoms with Crippen LogP contribution in [0.5, 0.6) is 0 Å². The number of piperidine rings is 1. The summed E-state index contributed by atoms with van der Waals surface area (Å²) in [4.78, 5) is 20.1. The molecule has 146 valence electrons. The monoisotopic (exact) mass is 369 g/mol. The maximum absolute atomic E-state index is 12.9. The number of pyridine rings is 1. The van der Waals surface area contributed by atoms with Crippen molar-refractivity contribution in [2.75, 3.05) is 13.1 Å². The number of hydrogen-bond donors (Lipinski definition) is 1. The largest absolute Gasteiger partial charge is 0.349 e. The van der Waals surface area contributed by atoms with Crippen LogP contribution in [0.15, 0.2) is 12.3 Å². The maximum atomic E-state index is 12.9. The van der Waals surface area contributed by atoms with Crippen molar-refractivity contribution in [1.29, 1.82) is 0 Å². The zero-order chi connectivity index (χ0) is 19.0. The standard InChI is InChI=1S/C21H31N5O/c1-14-8-10-26(11-9-14)17-6-4-16(5-7-17)24-21(27)18-12-15(2)23-20-19(18)13-22-25(20)3/h12-14,16-17H,4-11H2,1-3H3,(H,24,27). The first kappa shape index (κ1) is 18.4. The minimum absolute atomic E-state index is 0.00810. The van der Waals surface area contributed by atoms with E-state index in [1.165, 1.54) is 38.8 Å². The molecule has 4 rings (SSSR count). The average Bonchev–Trinajstić information content (AvgIpc) is 3.03. The molecule has 3 heterocycles. The smallest absolute Gasteiger partial charge is 0.252 e. The van der Waals surface area contributed by atoms with Crippen LogP contribution in [0.3, 0.4) is 0 Å². The molecular weight excluding hydrogens is 338 g/mol. The maximum Gasteiger partial charge on any atom is 0.252 e. The van der Waals surface area contributed by atoms with E-state index in [-0.39, 0.29) is 11.9 Å². The van der Waals surface area contributed by atoms with Gasteiger partial charge in [0.2, 0.25) is 0 Å². The van der Waals surface area contributed by atoms with Crippen LogP contribution in [0.1, 0.15) is 61.5 Å². The second-order valence-corrected chi connectivity index (χ2v) is 8.51. The molecule has 0 radical (unpaired) electrons. The summed E-state index contributed by atoms with van der Waals surface area (Å²) < 4.78 is 1.73. The fourth-order valence-electron chi connectivity index (χ4n) is 4.67. The van der Waals surface area contributed by atoms with Crippen molar-refractivity contribution < 1.29 is 4.79 Å². The van der Waals surface area contributed by atoms with E-state index >= 15 is 0 Å². The molecule has 2 aliphatic rings. The fourth-order valence-corrected chi connectivity index (χ4v) is 4.67. The molecule has 0 unspecified atom stereocenters. The highest BCUT2D eigenvalue weighted by Gasteiger charge is 2.29. The second-order valence-electron chi connectivity index (χ2n) is 8.51. The summed E-state index contributed by atoms with van der Waals surface area (Å²) >= 11 is 0. The number of likely N-dealkylation sites (tertiary alicyclic amines) is 1. The van der Waals surface area contributed by atoms with Gasteiger partial charge in [-0.2, -0.15) is 5.10 Å². The van der Waals surface area contributed by atoms with Crippen LogP contribution in [-0.4, -0.2) is 50.7 Å². The Morgan fingerprint density at radius 1 is 1.15 bits per heavy atom. The van der Waals surface area contributed by atoms with Crippen molar-refractivity contribution in [3.05, 3.63) is 23.5 Å². The van der Waals surface area contributed by atoms with E-state index in [9.17, 15) is 4.79 Å². The van der Waals surface area contributed by atoms with E-state index in [2.05, 4.69) is 27.2 Å². The van der Waals surface area contributed by atoms with Crippen molar-refractivity contribution in [3.63, 3.8) is 0 Å². The highest BCUT2D eigenvalue weighted by atomic mass is 16.1. The minimum Gasteiger partial charge on any atom is -0.349 e. The molecule has 6 nitrogen and oxygen atoms in total. The molecule has 1 aliphatic carbocycles. The number of aryl methyl sites for hydroxylation is 2. The summed E-state index contributed by atoms with van der Waals surface area (Å²) in [7, 11) is 1.86. The normalized spacial score (nSPS) is 25.0. The van der Waals surface area contributed by atoms with Crippen molar-refractivity contribution in [1.82, 2.24) is 25.0 Å². The molecule has 0 bridgehead atoms. The molecule has 2 fully saturated rings. The first-order valence-corrected chi connectivity index (χ1v) is 10.4. The Morgan fingerprint density at radius 3 is 2.56 bits per heavy atom. The van der Waals surface area contributed by atoms with Crippen molar-refractivity contribution in [2.45, 2.75) is 64.5 Å². The van der Waals surface area contributed by atoms with Crippen LogP contribution < -0.4 is 5.32 Å². The molecule has 1 saturated carbocycles. The number of rotatable bonds is 3. The third-order valence-corrected chi connectivity index (χ3v) is 6.44. The Labute approximate surface area is 161 Å². The Morgan fingerprint density at radius 2 is 1.85 bits per heavy atom. The zero-order valence-electron chi connectivity index (χ0n) is 16.7. The van der Waals surface area contributed by atoms with E-state index in [0.29, 0.717) is 11.6 Å². The quantitative estimate of drug-likeness (QED) is 0.903. The van der Waals surface area contributed by atoms with Crippen LogP contribution in [-0.2, 0) is 7.05 Å². The molecule has 1 amide bonds. The van der Waals surface area contributed by atoms with E-state index in [1.54, 1.807) is 10.9 Å². The molecular formula is C21H31N5O. The lowest BCUT2D eigenvalue weighted by molar-refractivity contribution is 0.0861. The number of nitrogens with one attached hydrogen (secondary N) is 1. The topological polar surface area (TPSA) is 63.1 Å². The lowest BCUT2D eigenvalue weighted by Gasteiger charge is -2.40. The Bertz CT molecular complexity index is 813. The van der Waals surface area contributed by atoms with Crippen LogP contribution in [0.2, 0.25) is 0 Å². The lowest BCUT2D eigenvalue weighted by atomic mass is 9.88. The zero-order valence-corrected chi connectivity index (χ0v) is 16.7. The molecule has 0 atom stereocenters. The van der Waals surface area contributed by atoms with Gasteiger partial charge in [-0.3, -0.25) is 9.48 Å². The molecule has 1 saturated heterocycles. The van der Waals surface area contributed by atoms with E-state index < -0.39 is 0 Å². The predicted molar refractivity (Wildman–Crippen MR) is 107 cm³/mol. The number of carbonyl (C=O) groups excluding carboxylic acids is 1. The van der Waals surface area contributed by atoms with Crippen LogP contribution in [0.25, 0.3) is 11.0 Å². The molecule has 1 aliphatic heterocycles. The van der Waals surface area contributed by atoms with Gasteiger partial charge in [-0.25, -0.2) is 4.98 Å². The van der Waals surface area contributed by atoms with Gasteiger partial charge in [0.1, 0.15) is 0 Å². The van der Waals surface area contributed by atoms with Gasteiger partial charge >= 0.3 is 0 Å². The molecule has 0 aromatic carbocycles. The van der Waals surface area contributed by atoms with E-state index in [1.807, 2.05) is 20.0 Å². The average molecular weight is 370 g/mol. The van der Waals surface area contributed by atoms with Gasteiger partial charge in [0.05, 0.1) is 17.1 Å². The van der Waals surface area contributed by atoms with Gasteiger partial charge in [0.15, 0.2) is 5.65 Å². The highest BCUT2D eigenvalue weighted by Crippen LogP contribution is 2.27. The number of hydrogen-bond acceptors (Lipinski definition) is 4. The fraction of sp³-hybridized carbons (Fsp3) is 0.667. The SMILES string of the molecule is Cc1cc(C(=O)NC2CCC(N3CCC(C)CC3)CC2)c2cnn(C)c2n1. The van der Waals surface area contributed by atoms with Gasteiger partial charge in [-0.1, -0.05) is 6.92 Å². The molecule has 2 aromatic heterocycles. The molecule has 0 spiro atoms. The number of fused-ring (bicyclic) bond motifs is 1. The van der Waals surface area contributed by atoms with Crippen molar-refractivity contribution in [2.24, 2.45) is 13.0 Å².